The molecule has 0 aliphatic heterocycles. The van der Waals surface area contributed by atoms with Gasteiger partial charge < -0.3 is 25.2 Å². The zero-order chi connectivity index (χ0) is 16.6. The number of carbonyl (C=O) groups excluding carboxylic acids is 3. The summed E-state index contributed by atoms with van der Waals surface area (Å²) in [5, 5.41) is 14.1. The average molecular weight is 304 g/mol. The second-order valence-electron chi connectivity index (χ2n) is 5.49. The first-order valence-corrected chi connectivity index (χ1v) is 6.59. The van der Waals surface area contributed by atoms with Crippen molar-refractivity contribution in [3.63, 3.8) is 0 Å². The molecule has 0 aromatic carbocycles. The highest BCUT2D eigenvalue weighted by molar-refractivity contribution is 5.85. The lowest BCUT2D eigenvalue weighted by molar-refractivity contribution is -0.148. The number of alkyl carbamates (subject to hydrolysis) is 1. The SMILES string of the molecule is COC(=O)C(NC(=O)CCNC(=O)OC(C)(C)C)[C@@H](C)O. The molecule has 0 heterocycles. The molecule has 122 valence electrons. The molecule has 0 bridgehead atoms. The summed E-state index contributed by atoms with van der Waals surface area (Å²) in [6, 6.07) is -1.14. The minimum absolute atomic E-state index is 0.0500. The van der Waals surface area contributed by atoms with Crippen LogP contribution in [0.2, 0.25) is 0 Å². The highest BCUT2D eigenvalue weighted by Gasteiger charge is 2.26. The molecule has 21 heavy (non-hydrogen) atoms. The van der Waals surface area contributed by atoms with Crippen LogP contribution in [0.25, 0.3) is 0 Å². The van der Waals surface area contributed by atoms with Gasteiger partial charge in [0.25, 0.3) is 0 Å². The van der Waals surface area contributed by atoms with Crippen LogP contribution in [-0.2, 0) is 19.1 Å². The number of aliphatic hydroxyl groups is 1. The van der Waals surface area contributed by atoms with Gasteiger partial charge in [-0.15, -0.1) is 0 Å². The molecule has 0 aromatic rings. The molecule has 0 aliphatic carbocycles. The van der Waals surface area contributed by atoms with Gasteiger partial charge in [0.1, 0.15) is 5.60 Å². The number of esters is 1. The summed E-state index contributed by atoms with van der Waals surface area (Å²) in [5.74, 6) is -1.24. The van der Waals surface area contributed by atoms with Gasteiger partial charge in [-0.05, 0) is 27.7 Å². The van der Waals surface area contributed by atoms with Crippen LogP contribution in [0.1, 0.15) is 34.1 Å². The van der Waals surface area contributed by atoms with Crippen LogP contribution in [0.3, 0.4) is 0 Å². The topological polar surface area (TPSA) is 114 Å². The Balaban J connectivity index is 4.15. The van der Waals surface area contributed by atoms with Crippen LogP contribution in [0.15, 0.2) is 0 Å². The van der Waals surface area contributed by atoms with Gasteiger partial charge in [0.2, 0.25) is 5.91 Å². The molecule has 0 saturated heterocycles. The van der Waals surface area contributed by atoms with Gasteiger partial charge >= 0.3 is 12.1 Å². The fraction of sp³-hybridized carbons (Fsp3) is 0.769. The molecule has 0 fully saturated rings. The molecular formula is C13H24N2O6. The normalized spacial score (nSPS) is 13.8. The first-order valence-electron chi connectivity index (χ1n) is 6.59. The van der Waals surface area contributed by atoms with Crippen molar-refractivity contribution < 1.29 is 29.0 Å². The summed E-state index contributed by atoms with van der Waals surface area (Å²) >= 11 is 0. The van der Waals surface area contributed by atoms with Crippen molar-refractivity contribution in [1.82, 2.24) is 10.6 Å². The summed E-state index contributed by atoms with van der Waals surface area (Å²) in [7, 11) is 1.16. The van der Waals surface area contributed by atoms with Gasteiger partial charge in [0.05, 0.1) is 13.2 Å². The Morgan fingerprint density at radius 3 is 2.24 bits per heavy atom. The van der Waals surface area contributed by atoms with E-state index in [0.29, 0.717) is 0 Å². The molecule has 0 aliphatic rings. The molecule has 2 atom stereocenters. The number of hydrogen-bond donors (Lipinski definition) is 3. The van der Waals surface area contributed by atoms with Gasteiger partial charge in [0, 0.05) is 13.0 Å². The molecule has 3 N–H and O–H groups in total. The van der Waals surface area contributed by atoms with E-state index in [1.54, 1.807) is 20.8 Å². The molecule has 0 rings (SSSR count). The second kappa shape index (κ2) is 8.46. The minimum Gasteiger partial charge on any atom is -0.467 e. The fourth-order valence-electron chi connectivity index (χ4n) is 1.34. The van der Waals surface area contributed by atoms with Crippen LogP contribution in [-0.4, -0.2) is 54.5 Å². The zero-order valence-electron chi connectivity index (χ0n) is 13.1. The number of rotatable bonds is 6. The van der Waals surface area contributed by atoms with Crippen molar-refractivity contribution in [1.29, 1.82) is 0 Å². The summed E-state index contributed by atoms with van der Waals surface area (Å²) in [6.45, 7) is 6.59. The lowest BCUT2D eigenvalue weighted by atomic mass is 10.2. The molecule has 8 nitrogen and oxygen atoms in total. The quantitative estimate of drug-likeness (QED) is 0.592. The molecule has 1 unspecified atom stereocenters. The van der Waals surface area contributed by atoms with Crippen LogP contribution >= 0.6 is 0 Å². The third-order valence-electron chi connectivity index (χ3n) is 2.27. The lowest BCUT2D eigenvalue weighted by Crippen LogP contribution is -2.48. The Bertz CT molecular complexity index is 375. The Labute approximate surface area is 124 Å². The third-order valence-corrected chi connectivity index (χ3v) is 2.27. The van der Waals surface area contributed by atoms with Gasteiger partial charge in [-0.3, -0.25) is 4.79 Å². The third kappa shape index (κ3) is 8.85. The monoisotopic (exact) mass is 304 g/mol. The Hall–Kier alpha value is -1.83. The van der Waals surface area contributed by atoms with Gasteiger partial charge in [-0.1, -0.05) is 0 Å². The second-order valence-corrected chi connectivity index (χ2v) is 5.49. The minimum atomic E-state index is -1.14. The number of carbonyl (C=O) groups is 3. The first kappa shape index (κ1) is 19.2. The number of methoxy groups -OCH3 is 1. The van der Waals surface area contributed by atoms with E-state index in [0.717, 1.165) is 7.11 Å². The van der Waals surface area contributed by atoms with Crippen molar-refractivity contribution in [2.24, 2.45) is 0 Å². The van der Waals surface area contributed by atoms with Crippen LogP contribution < -0.4 is 10.6 Å². The van der Waals surface area contributed by atoms with E-state index in [1.807, 2.05) is 0 Å². The summed E-state index contributed by atoms with van der Waals surface area (Å²) in [5.41, 5.74) is -0.616. The Morgan fingerprint density at radius 2 is 1.81 bits per heavy atom. The van der Waals surface area contributed by atoms with Crippen molar-refractivity contribution in [2.45, 2.75) is 51.9 Å². The molecular weight excluding hydrogens is 280 g/mol. The van der Waals surface area contributed by atoms with Crippen LogP contribution in [0.5, 0.6) is 0 Å². The van der Waals surface area contributed by atoms with E-state index in [2.05, 4.69) is 15.4 Å². The predicted molar refractivity (Wildman–Crippen MR) is 74.5 cm³/mol. The average Bonchev–Trinajstić information content (AvgIpc) is 2.32. The highest BCUT2D eigenvalue weighted by atomic mass is 16.6. The van der Waals surface area contributed by atoms with E-state index >= 15 is 0 Å². The molecule has 0 saturated carbocycles. The van der Waals surface area contributed by atoms with E-state index in [-0.39, 0.29) is 13.0 Å². The maximum absolute atomic E-state index is 11.6. The maximum Gasteiger partial charge on any atom is 0.407 e. The number of hydrogen-bond acceptors (Lipinski definition) is 6. The zero-order valence-corrected chi connectivity index (χ0v) is 13.1. The van der Waals surface area contributed by atoms with Crippen molar-refractivity contribution >= 4 is 18.0 Å². The van der Waals surface area contributed by atoms with Crippen molar-refractivity contribution in [3.05, 3.63) is 0 Å². The first-order chi connectivity index (χ1) is 9.56. The Kier molecular flexibility index (Phi) is 7.72. The van der Waals surface area contributed by atoms with Gasteiger partial charge in [-0.25, -0.2) is 9.59 Å². The molecule has 0 radical (unpaired) electrons. The summed E-state index contributed by atoms with van der Waals surface area (Å²) in [6.07, 6.45) is -1.77. The molecule has 2 amide bonds. The lowest BCUT2D eigenvalue weighted by Gasteiger charge is -2.20. The largest absolute Gasteiger partial charge is 0.467 e. The van der Waals surface area contributed by atoms with E-state index in [9.17, 15) is 19.5 Å². The van der Waals surface area contributed by atoms with Crippen LogP contribution in [0, 0.1) is 0 Å². The molecule has 0 spiro atoms. The van der Waals surface area contributed by atoms with E-state index in [4.69, 9.17) is 4.74 Å². The van der Waals surface area contributed by atoms with E-state index < -0.39 is 35.7 Å². The molecule has 8 heteroatoms. The summed E-state index contributed by atoms with van der Waals surface area (Å²) < 4.78 is 9.47. The number of ether oxygens (including phenoxy) is 2. The van der Waals surface area contributed by atoms with Gasteiger partial charge in [0.15, 0.2) is 6.04 Å². The maximum atomic E-state index is 11.6. The van der Waals surface area contributed by atoms with Crippen molar-refractivity contribution in [2.75, 3.05) is 13.7 Å². The standard InChI is InChI=1S/C13H24N2O6/c1-8(16)10(11(18)20-5)15-9(17)6-7-14-12(19)21-13(2,3)4/h8,10,16H,6-7H2,1-5H3,(H,14,19)(H,15,17)/t8-,10?/m1/s1. The highest BCUT2D eigenvalue weighted by Crippen LogP contribution is 2.06. The molecule has 0 aromatic heterocycles. The smallest absolute Gasteiger partial charge is 0.407 e. The predicted octanol–water partition coefficient (Wildman–Crippen LogP) is -0.0602. The number of amides is 2. The van der Waals surface area contributed by atoms with Crippen molar-refractivity contribution in [3.8, 4) is 0 Å². The number of nitrogens with one attached hydrogen (secondary N) is 2. The summed E-state index contributed by atoms with van der Waals surface area (Å²) in [4.78, 5) is 34.3. The number of aliphatic hydroxyl groups excluding tert-OH is 1. The Morgan fingerprint density at radius 1 is 1.24 bits per heavy atom. The van der Waals surface area contributed by atoms with Crippen LogP contribution in [0.4, 0.5) is 4.79 Å². The van der Waals surface area contributed by atoms with Gasteiger partial charge in [-0.2, -0.15) is 0 Å². The van der Waals surface area contributed by atoms with E-state index in [1.165, 1.54) is 6.92 Å². The fourth-order valence-corrected chi connectivity index (χ4v) is 1.34.